The average Bonchev–Trinajstić information content (AvgIpc) is 3.43. The largest absolute Gasteiger partial charge is 0.493 e. The van der Waals surface area contributed by atoms with Crippen LogP contribution in [0.2, 0.25) is 5.02 Å². The lowest BCUT2D eigenvalue weighted by Crippen LogP contribution is -2.54. The van der Waals surface area contributed by atoms with E-state index in [4.69, 9.17) is 21.1 Å². The van der Waals surface area contributed by atoms with Gasteiger partial charge in [0.15, 0.2) is 11.5 Å². The molecule has 0 saturated carbocycles. The van der Waals surface area contributed by atoms with Crippen LogP contribution in [0.5, 0.6) is 11.5 Å². The second kappa shape index (κ2) is 8.51. The van der Waals surface area contributed by atoms with Crippen molar-refractivity contribution in [2.24, 2.45) is 11.8 Å². The van der Waals surface area contributed by atoms with Gasteiger partial charge in [-0.25, -0.2) is 0 Å². The maximum Gasteiger partial charge on any atom is 0.250 e. The molecule has 3 aliphatic rings. The molecule has 5 rings (SSSR count). The summed E-state index contributed by atoms with van der Waals surface area (Å²) in [6.07, 6.45) is -0.577. The van der Waals surface area contributed by atoms with Gasteiger partial charge in [-0.2, -0.15) is 0 Å². The highest BCUT2D eigenvalue weighted by Gasteiger charge is 2.71. The molecular weight excluding hydrogens is 474 g/mol. The van der Waals surface area contributed by atoms with E-state index in [1.54, 1.807) is 44.4 Å². The van der Waals surface area contributed by atoms with Crippen LogP contribution < -0.4 is 20.1 Å². The highest BCUT2D eigenvalue weighted by Crippen LogP contribution is 2.54. The third-order valence-corrected chi connectivity index (χ3v) is 7.63. The molecule has 0 unspecified atom stereocenters. The zero-order valence-electron chi connectivity index (χ0n) is 19.5. The average molecular weight is 500 g/mol. The van der Waals surface area contributed by atoms with Crippen molar-refractivity contribution in [3.63, 3.8) is 0 Å². The Balaban J connectivity index is 1.49. The summed E-state index contributed by atoms with van der Waals surface area (Å²) < 4.78 is 10.6. The number of amides is 3. The zero-order valence-corrected chi connectivity index (χ0v) is 20.3. The zero-order chi connectivity index (χ0) is 25.1. The highest BCUT2D eigenvalue weighted by atomic mass is 35.5. The van der Waals surface area contributed by atoms with Crippen molar-refractivity contribution in [1.29, 1.82) is 0 Å². The van der Waals surface area contributed by atoms with Gasteiger partial charge in [0, 0.05) is 18.2 Å². The minimum absolute atomic E-state index is 0.132. The van der Waals surface area contributed by atoms with Gasteiger partial charge in [-0.15, -0.1) is 0 Å². The number of fused-ring (bicyclic) bond motifs is 4. The van der Waals surface area contributed by atoms with Gasteiger partial charge in [0.1, 0.15) is 5.54 Å². The number of methoxy groups -OCH3 is 2. The van der Waals surface area contributed by atoms with Crippen molar-refractivity contribution in [3.05, 3.63) is 52.5 Å². The van der Waals surface area contributed by atoms with Crippen LogP contribution in [0.1, 0.15) is 18.1 Å². The van der Waals surface area contributed by atoms with E-state index in [-0.39, 0.29) is 6.54 Å². The fourth-order valence-corrected chi connectivity index (χ4v) is 5.92. The summed E-state index contributed by atoms with van der Waals surface area (Å²) in [5.74, 6) is -2.06. The van der Waals surface area contributed by atoms with Crippen LogP contribution >= 0.6 is 11.6 Å². The number of ether oxygens (including phenoxy) is 2. The van der Waals surface area contributed by atoms with Gasteiger partial charge in [0.2, 0.25) is 17.7 Å². The first kappa shape index (κ1) is 23.6. The molecule has 2 aromatic rings. The molecule has 184 valence electrons. The van der Waals surface area contributed by atoms with E-state index in [9.17, 15) is 19.5 Å². The number of hydrogen-bond donors (Lipinski definition) is 3. The molecule has 0 aliphatic carbocycles. The van der Waals surface area contributed by atoms with Crippen LogP contribution in [0, 0.1) is 11.8 Å². The Morgan fingerprint density at radius 2 is 1.86 bits per heavy atom. The number of anilines is 1. The number of likely N-dealkylation sites (tertiary alicyclic amines) is 1. The molecule has 3 aliphatic heterocycles. The number of rotatable bonds is 6. The van der Waals surface area contributed by atoms with Gasteiger partial charge >= 0.3 is 0 Å². The quantitative estimate of drug-likeness (QED) is 0.518. The van der Waals surface area contributed by atoms with E-state index in [0.717, 1.165) is 5.56 Å². The normalized spacial score (nSPS) is 27.7. The molecule has 0 aromatic heterocycles. The molecule has 9 nitrogen and oxygen atoms in total. The number of carbonyl (C=O) groups is 3. The summed E-state index contributed by atoms with van der Waals surface area (Å²) in [6.45, 7) is 1.68. The van der Waals surface area contributed by atoms with Gasteiger partial charge < -0.3 is 19.9 Å². The number of aliphatic hydroxyl groups excluding tert-OH is 1. The van der Waals surface area contributed by atoms with Crippen molar-refractivity contribution in [2.75, 3.05) is 26.1 Å². The summed E-state index contributed by atoms with van der Waals surface area (Å²) in [4.78, 5) is 41.8. The SMILES string of the molecule is COc1ccc(CCN2C(=O)[C@@H]3[C@H]([C@@H](C)O)N[C@@]4(C(=O)Nc5c(Cl)cccc54)[C@@H]3C2=O)cc1OC. The van der Waals surface area contributed by atoms with E-state index < -0.39 is 47.2 Å². The van der Waals surface area contributed by atoms with E-state index in [1.807, 2.05) is 6.07 Å². The molecule has 10 heteroatoms. The summed E-state index contributed by atoms with van der Waals surface area (Å²) in [6, 6.07) is 9.70. The summed E-state index contributed by atoms with van der Waals surface area (Å²) in [5.41, 5.74) is 0.296. The topological polar surface area (TPSA) is 117 Å². The number of imide groups is 1. The van der Waals surface area contributed by atoms with Crippen LogP contribution in [-0.2, 0) is 26.3 Å². The third-order valence-electron chi connectivity index (χ3n) is 7.32. The van der Waals surface area contributed by atoms with Crippen LogP contribution in [-0.4, -0.2) is 60.6 Å². The van der Waals surface area contributed by atoms with Gasteiger partial charge in [0.25, 0.3) is 0 Å². The molecule has 2 aromatic carbocycles. The molecular formula is C25H26ClN3O6. The van der Waals surface area contributed by atoms with E-state index >= 15 is 0 Å². The van der Waals surface area contributed by atoms with Crippen LogP contribution in [0.4, 0.5) is 5.69 Å². The number of halogens is 1. The first-order valence-electron chi connectivity index (χ1n) is 11.4. The minimum atomic E-state index is -1.49. The summed E-state index contributed by atoms with van der Waals surface area (Å²) in [7, 11) is 3.08. The van der Waals surface area contributed by atoms with Crippen LogP contribution in [0.25, 0.3) is 0 Å². The van der Waals surface area contributed by atoms with Crippen molar-refractivity contribution < 1.29 is 29.0 Å². The number of aliphatic hydroxyl groups is 1. The highest BCUT2D eigenvalue weighted by molar-refractivity contribution is 6.35. The molecule has 2 fully saturated rings. The summed E-state index contributed by atoms with van der Waals surface area (Å²) >= 11 is 6.32. The lowest BCUT2D eigenvalue weighted by atomic mass is 9.76. The van der Waals surface area contributed by atoms with E-state index in [1.165, 1.54) is 12.0 Å². The van der Waals surface area contributed by atoms with Crippen LogP contribution in [0.3, 0.4) is 0 Å². The lowest BCUT2D eigenvalue weighted by Gasteiger charge is -2.30. The molecule has 5 atom stereocenters. The first-order chi connectivity index (χ1) is 16.7. The van der Waals surface area contributed by atoms with Gasteiger partial charge in [-0.05, 0) is 37.1 Å². The standard InChI is InChI=1S/C25H26ClN3O6/c1-12(30)20-18-19(25(28-20)14-5-4-6-15(26)21(14)27-24(25)33)23(32)29(22(18)31)10-9-13-7-8-16(34-2)17(11-13)35-3/h4-8,11-12,18-20,28,30H,9-10H2,1-3H3,(H,27,33)/t12-,18+,19+,20+,25-/m1/s1. The Bertz CT molecular complexity index is 1230. The monoisotopic (exact) mass is 499 g/mol. The first-order valence-corrected chi connectivity index (χ1v) is 11.7. The van der Waals surface area contributed by atoms with Crippen molar-refractivity contribution in [3.8, 4) is 11.5 Å². The van der Waals surface area contributed by atoms with E-state index in [2.05, 4.69) is 10.6 Å². The Hall–Kier alpha value is -3.14. The molecule has 0 radical (unpaired) electrons. The maximum atomic E-state index is 13.7. The Morgan fingerprint density at radius 3 is 2.54 bits per heavy atom. The fourth-order valence-electron chi connectivity index (χ4n) is 5.69. The second-order valence-corrected chi connectivity index (χ2v) is 9.51. The molecule has 3 N–H and O–H groups in total. The van der Waals surface area contributed by atoms with Crippen molar-refractivity contribution >= 4 is 35.0 Å². The minimum Gasteiger partial charge on any atom is -0.493 e. The summed E-state index contributed by atoms with van der Waals surface area (Å²) in [5, 5.41) is 16.8. The van der Waals surface area contributed by atoms with Gasteiger partial charge in [-0.3, -0.25) is 24.6 Å². The molecule has 2 saturated heterocycles. The van der Waals surface area contributed by atoms with Crippen molar-refractivity contribution in [1.82, 2.24) is 10.2 Å². The smallest absolute Gasteiger partial charge is 0.250 e. The lowest BCUT2D eigenvalue weighted by molar-refractivity contribution is -0.143. The third kappa shape index (κ3) is 3.33. The Kier molecular flexibility index (Phi) is 5.74. The fraction of sp³-hybridized carbons (Fsp3) is 0.400. The number of para-hydroxylation sites is 1. The maximum absolute atomic E-state index is 13.7. The number of carbonyl (C=O) groups excluding carboxylic acids is 3. The molecule has 0 bridgehead atoms. The molecule has 3 heterocycles. The van der Waals surface area contributed by atoms with Crippen molar-refractivity contribution in [2.45, 2.75) is 31.0 Å². The predicted octanol–water partition coefficient (Wildman–Crippen LogP) is 1.70. The molecule has 1 spiro atoms. The van der Waals surface area contributed by atoms with E-state index in [0.29, 0.717) is 34.2 Å². The van der Waals surface area contributed by atoms with Gasteiger partial charge in [-0.1, -0.05) is 29.8 Å². The number of hydrogen-bond acceptors (Lipinski definition) is 7. The number of nitrogens with one attached hydrogen (secondary N) is 2. The predicted molar refractivity (Wildman–Crippen MR) is 127 cm³/mol. The second-order valence-electron chi connectivity index (χ2n) is 9.11. The Labute approximate surface area is 207 Å². The Morgan fingerprint density at radius 1 is 1.11 bits per heavy atom. The molecule has 3 amide bonds. The molecule has 35 heavy (non-hydrogen) atoms. The number of benzene rings is 2. The van der Waals surface area contributed by atoms with Crippen LogP contribution in [0.15, 0.2) is 36.4 Å². The number of nitrogens with zero attached hydrogens (tertiary/aromatic N) is 1. The van der Waals surface area contributed by atoms with Gasteiger partial charge in [0.05, 0.1) is 42.9 Å².